The van der Waals surface area contributed by atoms with Crippen LogP contribution in [-0.4, -0.2) is 59.0 Å². The van der Waals surface area contributed by atoms with Crippen molar-refractivity contribution in [2.24, 2.45) is 0 Å². The van der Waals surface area contributed by atoms with E-state index in [0.717, 1.165) is 5.56 Å². The van der Waals surface area contributed by atoms with Gasteiger partial charge in [-0.1, -0.05) is 12.1 Å². The number of hydrogen-bond acceptors (Lipinski definition) is 6. The molecule has 0 radical (unpaired) electrons. The monoisotopic (exact) mass is 464 g/mol. The summed E-state index contributed by atoms with van der Waals surface area (Å²) < 4.78 is 12.3. The predicted octanol–water partition coefficient (Wildman–Crippen LogP) is 3.47. The second kappa shape index (κ2) is 9.54. The number of carbonyl (C=O) groups excluding carboxylic acids is 3. The van der Waals surface area contributed by atoms with Gasteiger partial charge in [-0.05, 0) is 44.0 Å². The predicted molar refractivity (Wildman–Crippen MR) is 128 cm³/mol. The van der Waals surface area contributed by atoms with Crippen molar-refractivity contribution in [3.8, 4) is 17.1 Å². The molecule has 1 aromatic heterocycles. The molecule has 0 unspecified atom stereocenters. The van der Waals surface area contributed by atoms with Crippen molar-refractivity contribution in [1.82, 2.24) is 14.5 Å². The highest BCUT2D eigenvalue weighted by atomic mass is 16.5. The standard InChI is InChI=1S/C25H28N4O5/c1-5-28-22-19(24(31)29-11-7-10-21(29)25(32)34-4)13-17(26-15(2)30)14-20(22)27-23(28)16-8-6-9-18(12-16)33-3/h6,8-9,12-14,21H,5,7,10-11H2,1-4H3,(H,26,30)/t21-/m0/s1. The van der Waals surface area contributed by atoms with Crippen LogP contribution >= 0.6 is 0 Å². The zero-order valence-corrected chi connectivity index (χ0v) is 19.8. The minimum Gasteiger partial charge on any atom is -0.497 e. The molecule has 1 saturated heterocycles. The Labute approximate surface area is 197 Å². The molecule has 4 rings (SSSR count). The Kier molecular flexibility index (Phi) is 6.54. The number of nitrogens with zero attached hydrogens (tertiary/aromatic N) is 3. The summed E-state index contributed by atoms with van der Waals surface area (Å²) in [6.45, 7) is 4.40. The topological polar surface area (TPSA) is 103 Å². The van der Waals surface area contributed by atoms with Crippen LogP contribution < -0.4 is 10.1 Å². The molecule has 2 amide bonds. The molecule has 2 heterocycles. The number of imidazole rings is 1. The Balaban J connectivity index is 1.92. The van der Waals surface area contributed by atoms with E-state index in [1.54, 1.807) is 24.1 Å². The van der Waals surface area contributed by atoms with Crippen molar-refractivity contribution in [3.63, 3.8) is 0 Å². The number of amides is 2. The summed E-state index contributed by atoms with van der Waals surface area (Å²) in [4.78, 5) is 44.3. The average Bonchev–Trinajstić information content (AvgIpc) is 3.47. The van der Waals surface area contributed by atoms with E-state index in [4.69, 9.17) is 14.5 Å². The minimum absolute atomic E-state index is 0.255. The van der Waals surface area contributed by atoms with E-state index in [1.165, 1.54) is 14.0 Å². The molecule has 1 N–H and O–H groups in total. The van der Waals surface area contributed by atoms with Gasteiger partial charge in [-0.2, -0.15) is 0 Å². The molecule has 9 nitrogen and oxygen atoms in total. The smallest absolute Gasteiger partial charge is 0.328 e. The highest BCUT2D eigenvalue weighted by Gasteiger charge is 2.36. The van der Waals surface area contributed by atoms with Gasteiger partial charge in [-0.25, -0.2) is 9.78 Å². The van der Waals surface area contributed by atoms with Crippen LogP contribution in [0.25, 0.3) is 22.4 Å². The molecule has 34 heavy (non-hydrogen) atoms. The van der Waals surface area contributed by atoms with Gasteiger partial charge in [0, 0.05) is 31.3 Å². The average molecular weight is 465 g/mol. The first-order valence-corrected chi connectivity index (χ1v) is 11.2. The Morgan fingerprint density at radius 1 is 1.18 bits per heavy atom. The number of carbonyl (C=O) groups is 3. The SMILES string of the molecule is CCn1c(-c2cccc(OC)c2)nc2cc(NC(C)=O)cc(C(=O)N3CCC[C@H]3C(=O)OC)c21. The Bertz CT molecular complexity index is 1270. The summed E-state index contributed by atoms with van der Waals surface area (Å²) in [5.41, 5.74) is 2.90. The molecule has 0 spiro atoms. The van der Waals surface area contributed by atoms with Crippen molar-refractivity contribution in [2.75, 3.05) is 26.1 Å². The number of likely N-dealkylation sites (tertiary alicyclic amines) is 1. The summed E-state index contributed by atoms with van der Waals surface area (Å²) in [6, 6.07) is 10.3. The molecule has 1 fully saturated rings. The van der Waals surface area contributed by atoms with Crippen molar-refractivity contribution >= 4 is 34.5 Å². The summed E-state index contributed by atoms with van der Waals surface area (Å²) in [5.74, 6) is 0.393. The van der Waals surface area contributed by atoms with E-state index < -0.39 is 12.0 Å². The number of ether oxygens (including phenoxy) is 2. The Morgan fingerprint density at radius 2 is 1.97 bits per heavy atom. The number of nitrogens with one attached hydrogen (secondary N) is 1. The maximum Gasteiger partial charge on any atom is 0.328 e. The highest BCUT2D eigenvalue weighted by molar-refractivity contribution is 6.09. The van der Waals surface area contributed by atoms with Gasteiger partial charge in [-0.3, -0.25) is 9.59 Å². The molecule has 1 aliphatic heterocycles. The lowest BCUT2D eigenvalue weighted by Gasteiger charge is -2.23. The number of esters is 1. The zero-order valence-electron chi connectivity index (χ0n) is 19.8. The lowest BCUT2D eigenvalue weighted by atomic mass is 10.1. The quantitative estimate of drug-likeness (QED) is 0.561. The number of benzene rings is 2. The number of methoxy groups -OCH3 is 2. The van der Waals surface area contributed by atoms with Crippen molar-refractivity contribution < 1.29 is 23.9 Å². The van der Waals surface area contributed by atoms with Crippen LogP contribution in [0.2, 0.25) is 0 Å². The van der Waals surface area contributed by atoms with E-state index in [1.807, 2.05) is 35.8 Å². The van der Waals surface area contributed by atoms with E-state index in [9.17, 15) is 14.4 Å². The second-order valence-corrected chi connectivity index (χ2v) is 8.16. The van der Waals surface area contributed by atoms with Gasteiger partial charge in [0.1, 0.15) is 17.6 Å². The minimum atomic E-state index is -0.632. The molecule has 2 aromatic carbocycles. The van der Waals surface area contributed by atoms with Gasteiger partial charge >= 0.3 is 5.97 Å². The van der Waals surface area contributed by atoms with Crippen LogP contribution in [0.3, 0.4) is 0 Å². The lowest BCUT2D eigenvalue weighted by molar-refractivity contribution is -0.145. The molecular formula is C25H28N4O5. The number of aryl methyl sites for hydroxylation is 1. The second-order valence-electron chi connectivity index (χ2n) is 8.16. The van der Waals surface area contributed by atoms with E-state index in [-0.39, 0.29) is 11.8 Å². The number of fused-ring (bicyclic) bond motifs is 1. The summed E-state index contributed by atoms with van der Waals surface area (Å²) >= 11 is 0. The van der Waals surface area contributed by atoms with Crippen LogP contribution in [0.5, 0.6) is 5.75 Å². The van der Waals surface area contributed by atoms with Crippen molar-refractivity contribution in [2.45, 2.75) is 39.3 Å². The Morgan fingerprint density at radius 3 is 2.65 bits per heavy atom. The molecular weight excluding hydrogens is 436 g/mol. The van der Waals surface area contributed by atoms with Gasteiger partial charge in [0.2, 0.25) is 5.91 Å². The zero-order chi connectivity index (χ0) is 24.4. The molecule has 1 aliphatic rings. The van der Waals surface area contributed by atoms with Gasteiger partial charge < -0.3 is 24.3 Å². The number of aromatic nitrogens is 2. The fourth-order valence-electron chi connectivity index (χ4n) is 4.54. The number of rotatable bonds is 6. The first-order chi connectivity index (χ1) is 16.4. The summed E-state index contributed by atoms with van der Waals surface area (Å²) in [5, 5.41) is 2.76. The third-order valence-electron chi connectivity index (χ3n) is 6.02. The van der Waals surface area contributed by atoms with Gasteiger partial charge in [0.15, 0.2) is 0 Å². The third kappa shape index (κ3) is 4.21. The van der Waals surface area contributed by atoms with Crippen LogP contribution in [0.1, 0.15) is 37.0 Å². The number of anilines is 1. The lowest BCUT2D eigenvalue weighted by Crippen LogP contribution is -2.41. The van der Waals surface area contributed by atoms with Gasteiger partial charge in [-0.15, -0.1) is 0 Å². The van der Waals surface area contributed by atoms with Crippen molar-refractivity contribution in [3.05, 3.63) is 42.0 Å². The molecule has 3 aromatic rings. The number of hydrogen-bond donors (Lipinski definition) is 1. The third-order valence-corrected chi connectivity index (χ3v) is 6.02. The molecule has 0 saturated carbocycles. The molecule has 0 bridgehead atoms. The Hall–Kier alpha value is -3.88. The molecule has 1 atom stereocenters. The molecule has 0 aliphatic carbocycles. The van der Waals surface area contributed by atoms with E-state index in [2.05, 4.69) is 5.32 Å². The van der Waals surface area contributed by atoms with Gasteiger partial charge in [0.05, 0.1) is 30.8 Å². The summed E-state index contributed by atoms with van der Waals surface area (Å²) in [7, 11) is 2.93. The maximum absolute atomic E-state index is 13.8. The fraction of sp³-hybridized carbons (Fsp3) is 0.360. The van der Waals surface area contributed by atoms with Gasteiger partial charge in [0.25, 0.3) is 5.91 Å². The van der Waals surface area contributed by atoms with Crippen molar-refractivity contribution in [1.29, 1.82) is 0 Å². The molecule has 9 heteroatoms. The maximum atomic E-state index is 13.8. The first-order valence-electron chi connectivity index (χ1n) is 11.2. The fourth-order valence-corrected chi connectivity index (χ4v) is 4.54. The molecule has 178 valence electrons. The van der Waals surface area contributed by atoms with E-state index in [0.29, 0.717) is 59.8 Å². The van der Waals surface area contributed by atoms with E-state index >= 15 is 0 Å². The largest absolute Gasteiger partial charge is 0.497 e. The van der Waals surface area contributed by atoms with Crippen LogP contribution in [-0.2, 0) is 20.9 Å². The van der Waals surface area contributed by atoms with Crippen LogP contribution in [0.4, 0.5) is 5.69 Å². The van der Waals surface area contributed by atoms with Crippen LogP contribution in [0.15, 0.2) is 36.4 Å². The first kappa shape index (κ1) is 23.3. The van der Waals surface area contributed by atoms with Crippen LogP contribution in [0, 0.1) is 0 Å². The highest BCUT2D eigenvalue weighted by Crippen LogP contribution is 2.33. The normalized spacial score (nSPS) is 15.4. The summed E-state index contributed by atoms with van der Waals surface area (Å²) in [6.07, 6.45) is 1.26.